The van der Waals surface area contributed by atoms with Crippen molar-refractivity contribution in [3.05, 3.63) is 82.7 Å². The zero-order valence-electron chi connectivity index (χ0n) is 20.7. The molecule has 0 unspecified atom stereocenters. The van der Waals surface area contributed by atoms with Gasteiger partial charge in [0.05, 0.1) is 17.8 Å². The first-order valence-electron chi connectivity index (χ1n) is 12.3. The van der Waals surface area contributed by atoms with Crippen molar-refractivity contribution in [1.29, 1.82) is 0 Å². The SMILES string of the molecule is CNC(=O)c1c(-c2ccc(F)cc2)oc2cc(N(Cc3ccc(N)c(CCO)c3)[SH](=O)=O)c(C3CC3)cc12. The topological polar surface area (TPSA) is 126 Å². The number of nitrogens with zero attached hydrogens (tertiary/aromatic N) is 1. The number of halogens is 1. The number of carbonyl (C=O) groups excluding carboxylic acids is 1. The molecular weight excluding hydrogens is 509 g/mol. The number of furan rings is 1. The number of hydrogen-bond donors (Lipinski definition) is 4. The minimum atomic E-state index is -3.03. The van der Waals surface area contributed by atoms with Gasteiger partial charge in [-0.1, -0.05) is 12.1 Å². The van der Waals surface area contributed by atoms with Gasteiger partial charge in [-0.05, 0) is 78.3 Å². The van der Waals surface area contributed by atoms with Gasteiger partial charge in [0.2, 0.25) is 10.9 Å². The van der Waals surface area contributed by atoms with E-state index in [1.54, 1.807) is 24.3 Å². The Labute approximate surface area is 220 Å². The highest BCUT2D eigenvalue weighted by molar-refractivity contribution is 7.74. The number of benzene rings is 3. The molecule has 4 aromatic rings. The average molecular weight is 538 g/mol. The minimum absolute atomic E-state index is 0.0659. The zero-order chi connectivity index (χ0) is 27.0. The number of nitrogen functional groups attached to an aromatic ring is 1. The van der Waals surface area contributed by atoms with Gasteiger partial charge in [0.15, 0.2) is 0 Å². The summed E-state index contributed by atoms with van der Waals surface area (Å²) in [5, 5.41) is 12.6. The monoisotopic (exact) mass is 537 g/mol. The Hall–Kier alpha value is -3.89. The molecule has 3 aromatic carbocycles. The summed E-state index contributed by atoms with van der Waals surface area (Å²) in [4.78, 5) is 12.9. The first kappa shape index (κ1) is 25.7. The lowest BCUT2D eigenvalue weighted by Crippen LogP contribution is -2.22. The van der Waals surface area contributed by atoms with Crippen LogP contribution in [0.3, 0.4) is 0 Å². The molecule has 0 aliphatic heterocycles. The second-order valence-corrected chi connectivity index (χ2v) is 10.3. The van der Waals surface area contributed by atoms with Crippen LogP contribution in [0.25, 0.3) is 22.3 Å². The van der Waals surface area contributed by atoms with Crippen LogP contribution in [-0.2, 0) is 23.9 Å². The van der Waals surface area contributed by atoms with Crippen molar-refractivity contribution in [2.75, 3.05) is 23.7 Å². The highest BCUT2D eigenvalue weighted by Gasteiger charge is 2.32. The van der Waals surface area contributed by atoms with Gasteiger partial charge >= 0.3 is 0 Å². The fourth-order valence-corrected chi connectivity index (χ4v) is 5.37. The number of carbonyl (C=O) groups is 1. The van der Waals surface area contributed by atoms with Gasteiger partial charge in [-0.2, -0.15) is 0 Å². The molecule has 0 bridgehead atoms. The highest BCUT2D eigenvalue weighted by Crippen LogP contribution is 2.48. The second kappa shape index (κ2) is 10.5. The lowest BCUT2D eigenvalue weighted by atomic mass is 10.00. The number of rotatable bonds is 9. The standard InChI is InChI=1S/C28H28FN3O5S/c1-31-28(34)26-22-13-21(17-3-4-17)24(14-25(22)37-27(26)18-5-7-20(29)8-6-18)32(38(35)36)15-16-2-9-23(30)19(12-16)10-11-33/h2,5-9,12-14,17,33,38H,3-4,10-11,15,30H2,1H3,(H,31,34). The van der Waals surface area contributed by atoms with Gasteiger partial charge in [0, 0.05) is 36.4 Å². The fraction of sp³-hybridized carbons (Fsp3) is 0.250. The lowest BCUT2D eigenvalue weighted by molar-refractivity contribution is 0.0964. The molecule has 198 valence electrons. The van der Waals surface area contributed by atoms with Crippen LogP contribution >= 0.6 is 0 Å². The van der Waals surface area contributed by atoms with E-state index in [1.165, 1.54) is 35.6 Å². The molecule has 0 spiro atoms. The van der Waals surface area contributed by atoms with E-state index >= 15 is 0 Å². The predicted octanol–water partition coefficient (Wildman–Crippen LogP) is 4.13. The number of aliphatic hydroxyl groups excluding tert-OH is 1. The molecule has 4 N–H and O–H groups in total. The number of nitrogens with two attached hydrogens (primary N) is 1. The van der Waals surface area contributed by atoms with Gasteiger partial charge in [-0.3, -0.25) is 9.10 Å². The molecule has 10 heteroatoms. The van der Waals surface area contributed by atoms with Crippen molar-refractivity contribution in [1.82, 2.24) is 5.32 Å². The molecule has 0 saturated heterocycles. The summed E-state index contributed by atoms with van der Waals surface area (Å²) in [6, 6.07) is 14.4. The van der Waals surface area contributed by atoms with Crippen LogP contribution in [0, 0.1) is 5.82 Å². The first-order chi connectivity index (χ1) is 18.3. The summed E-state index contributed by atoms with van der Waals surface area (Å²) in [6.07, 6.45) is 2.17. The summed E-state index contributed by atoms with van der Waals surface area (Å²) in [5.74, 6) is -0.333. The molecule has 1 aliphatic carbocycles. The molecule has 8 nitrogen and oxygen atoms in total. The van der Waals surface area contributed by atoms with Crippen LogP contribution in [0.5, 0.6) is 0 Å². The maximum atomic E-state index is 13.6. The van der Waals surface area contributed by atoms with Crippen LogP contribution in [0.2, 0.25) is 0 Å². The zero-order valence-corrected chi connectivity index (χ0v) is 21.6. The molecule has 1 heterocycles. The van der Waals surface area contributed by atoms with E-state index in [4.69, 9.17) is 10.2 Å². The Morgan fingerprint density at radius 1 is 1.16 bits per heavy atom. The molecule has 0 atom stereocenters. The van der Waals surface area contributed by atoms with Gasteiger partial charge in [0.1, 0.15) is 17.2 Å². The molecule has 0 radical (unpaired) electrons. The van der Waals surface area contributed by atoms with Gasteiger partial charge < -0.3 is 20.6 Å². The number of hydrogen-bond acceptors (Lipinski definition) is 6. The predicted molar refractivity (Wildman–Crippen MR) is 145 cm³/mol. The average Bonchev–Trinajstić information content (AvgIpc) is 3.68. The summed E-state index contributed by atoms with van der Waals surface area (Å²) < 4.78 is 46.1. The number of nitrogens with one attached hydrogen (secondary N) is 1. The van der Waals surface area contributed by atoms with Crippen molar-refractivity contribution >= 4 is 39.1 Å². The minimum Gasteiger partial charge on any atom is -0.455 e. The van der Waals surface area contributed by atoms with Gasteiger partial charge in [-0.15, -0.1) is 0 Å². The number of amides is 1. The van der Waals surface area contributed by atoms with Crippen molar-refractivity contribution in [2.24, 2.45) is 0 Å². The highest BCUT2D eigenvalue weighted by atomic mass is 32.2. The van der Waals surface area contributed by atoms with Crippen molar-refractivity contribution in [2.45, 2.75) is 31.7 Å². The third kappa shape index (κ3) is 4.97. The maximum Gasteiger partial charge on any atom is 0.255 e. The summed E-state index contributed by atoms with van der Waals surface area (Å²) in [6.45, 7) is -0.00525. The fourth-order valence-electron chi connectivity index (χ4n) is 4.75. The summed E-state index contributed by atoms with van der Waals surface area (Å²) >= 11 is 0. The van der Waals surface area contributed by atoms with Crippen LogP contribution in [0.4, 0.5) is 15.8 Å². The normalized spacial score (nSPS) is 13.3. The Morgan fingerprint density at radius 3 is 2.53 bits per heavy atom. The molecule has 1 fully saturated rings. The van der Waals surface area contributed by atoms with Crippen LogP contribution in [0.1, 0.15) is 45.8 Å². The van der Waals surface area contributed by atoms with Crippen LogP contribution < -0.4 is 15.4 Å². The smallest absolute Gasteiger partial charge is 0.255 e. The van der Waals surface area contributed by atoms with E-state index in [1.807, 2.05) is 6.07 Å². The number of aliphatic hydroxyl groups is 1. The van der Waals surface area contributed by atoms with Crippen LogP contribution in [0.15, 0.2) is 59.0 Å². The van der Waals surface area contributed by atoms with Crippen molar-refractivity contribution in [3.8, 4) is 11.3 Å². The molecule has 1 saturated carbocycles. The Balaban J connectivity index is 1.66. The van der Waals surface area contributed by atoms with Gasteiger partial charge in [0.25, 0.3) is 5.91 Å². The van der Waals surface area contributed by atoms with Gasteiger partial charge in [-0.25, -0.2) is 12.8 Å². The molecule has 1 amide bonds. The van der Waals surface area contributed by atoms with Crippen molar-refractivity contribution < 1.29 is 27.1 Å². The van der Waals surface area contributed by atoms with E-state index < -0.39 is 16.7 Å². The third-order valence-corrected chi connectivity index (χ3v) is 7.56. The quantitative estimate of drug-likeness (QED) is 0.188. The molecule has 1 aromatic heterocycles. The second-order valence-electron chi connectivity index (χ2n) is 9.38. The number of fused-ring (bicyclic) bond motifs is 1. The third-order valence-electron chi connectivity index (χ3n) is 6.81. The van der Waals surface area contributed by atoms with Crippen molar-refractivity contribution in [3.63, 3.8) is 0 Å². The molecule has 5 rings (SSSR count). The van der Waals surface area contributed by atoms with E-state index in [0.717, 1.165) is 29.5 Å². The Morgan fingerprint density at radius 2 is 1.89 bits per heavy atom. The van der Waals surface area contributed by atoms with Crippen LogP contribution in [-0.4, -0.2) is 33.1 Å². The van der Waals surface area contributed by atoms with E-state index in [-0.39, 0.29) is 30.7 Å². The number of anilines is 2. The number of thiol groups is 1. The molecule has 1 aliphatic rings. The first-order valence-corrected chi connectivity index (χ1v) is 13.4. The maximum absolute atomic E-state index is 13.6. The summed E-state index contributed by atoms with van der Waals surface area (Å²) in [5.41, 5.74) is 10.5. The Kier molecular flexibility index (Phi) is 7.09. The molecule has 38 heavy (non-hydrogen) atoms. The Bertz CT molecular complexity index is 1580. The van der Waals surface area contributed by atoms with E-state index in [0.29, 0.717) is 39.9 Å². The van der Waals surface area contributed by atoms with E-state index in [9.17, 15) is 22.7 Å². The lowest BCUT2D eigenvalue weighted by Gasteiger charge is -2.22. The molecular formula is C28H28FN3O5S. The largest absolute Gasteiger partial charge is 0.455 e. The summed E-state index contributed by atoms with van der Waals surface area (Å²) in [7, 11) is -1.51. The van der Waals surface area contributed by atoms with E-state index in [2.05, 4.69) is 5.32 Å².